The van der Waals surface area contributed by atoms with E-state index in [4.69, 9.17) is 4.74 Å². The second-order valence-corrected chi connectivity index (χ2v) is 10.6. The van der Waals surface area contributed by atoms with Gasteiger partial charge in [-0.15, -0.1) is 0 Å². The summed E-state index contributed by atoms with van der Waals surface area (Å²) in [5, 5.41) is 3.41. The first-order valence-corrected chi connectivity index (χ1v) is 12.9. The first-order valence-electron chi connectivity index (χ1n) is 11.5. The van der Waals surface area contributed by atoms with Crippen molar-refractivity contribution in [1.29, 1.82) is 0 Å². The molecule has 7 nitrogen and oxygen atoms in total. The summed E-state index contributed by atoms with van der Waals surface area (Å²) in [6, 6.07) is 8.89. The lowest BCUT2D eigenvalue weighted by atomic mass is 10.1. The Bertz CT molecular complexity index is 963. The second-order valence-electron chi connectivity index (χ2n) is 8.86. The molecule has 1 aromatic heterocycles. The monoisotopic (exact) mass is 460 g/mol. The van der Waals surface area contributed by atoms with Gasteiger partial charge in [0.05, 0.1) is 35.2 Å². The number of benzene rings is 1. The molecule has 3 rings (SSSR count). The number of anilines is 2. The standard InChI is InChI=1S/C24H36N4O3S/c1-5-6-13-31-17-21(14-18(2)3)27-32(29,30)22-9-7-20(8-10-22)16-28-19(4)26-23-15-25-12-11-24(23)28/h7-12,15,18-19,21,26-27H,5-6,13-14,16-17H2,1-4H3. The number of sulfonamides is 1. The molecular weight excluding hydrogens is 424 g/mol. The van der Waals surface area contributed by atoms with Gasteiger partial charge in [-0.25, -0.2) is 13.1 Å². The van der Waals surface area contributed by atoms with Crippen molar-refractivity contribution in [3.05, 3.63) is 48.3 Å². The number of hydrogen-bond donors (Lipinski definition) is 2. The van der Waals surface area contributed by atoms with Crippen molar-refractivity contribution in [1.82, 2.24) is 9.71 Å². The molecule has 176 valence electrons. The summed E-state index contributed by atoms with van der Waals surface area (Å²) in [7, 11) is -3.62. The predicted octanol–water partition coefficient (Wildman–Crippen LogP) is 4.37. The van der Waals surface area contributed by atoms with Crippen LogP contribution in [0.15, 0.2) is 47.6 Å². The van der Waals surface area contributed by atoms with E-state index in [0.29, 0.717) is 25.7 Å². The number of unbranched alkanes of at least 4 members (excludes halogenated alkanes) is 1. The van der Waals surface area contributed by atoms with Crippen LogP contribution in [0.25, 0.3) is 0 Å². The van der Waals surface area contributed by atoms with Crippen LogP contribution in [0.5, 0.6) is 0 Å². The first-order chi connectivity index (χ1) is 15.3. The summed E-state index contributed by atoms with van der Waals surface area (Å²) in [6.07, 6.45) is 6.52. The lowest BCUT2D eigenvalue weighted by Crippen LogP contribution is -2.39. The molecule has 2 unspecified atom stereocenters. The molecule has 0 spiro atoms. The van der Waals surface area contributed by atoms with Crippen molar-refractivity contribution < 1.29 is 13.2 Å². The fraction of sp³-hybridized carbons (Fsp3) is 0.542. The fourth-order valence-electron chi connectivity index (χ4n) is 3.93. The van der Waals surface area contributed by atoms with E-state index in [2.05, 4.69) is 47.6 Å². The Balaban J connectivity index is 1.65. The Kier molecular flexibility index (Phi) is 8.51. The van der Waals surface area contributed by atoms with Crippen LogP contribution < -0.4 is 14.9 Å². The van der Waals surface area contributed by atoms with Gasteiger partial charge >= 0.3 is 0 Å². The molecule has 8 heteroatoms. The molecule has 1 aliphatic rings. The molecule has 0 bridgehead atoms. The zero-order valence-electron chi connectivity index (χ0n) is 19.5. The third-order valence-corrected chi connectivity index (χ3v) is 7.10. The van der Waals surface area contributed by atoms with E-state index in [1.165, 1.54) is 0 Å². The van der Waals surface area contributed by atoms with Gasteiger partial charge in [-0.1, -0.05) is 39.3 Å². The molecule has 2 atom stereocenters. The number of fused-ring (bicyclic) bond motifs is 1. The summed E-state index contributed by atoms with van der Waals surface area (Å²) in [6.45, 7) is 10.1. The topological polar surface area (TPSA) is 83.6 Å². The molecule has 0 fully saturated rings. The van der Waals surface area contributed by atoms with Crippen molar-refractivity contribution in [2.45, 2.75) is 70.6 Å². The van der Waals surface area contributed by atoms with Crippen molar-refractivity contribution >= 4 is 21.4 Å². The Labute approximate surface area is 192 Å². The van der Waals surface area contributed by atoms with Crippen molar-refractivity contribution in [2.75, 3.05) is 23.4 Å². The maximum Gasteiger partial charge on any atom is 0.240 e. The normalized spacial score (nSPS) is 16.8. The summed E-state index contributed by atoms with van der Waals surface area (Å²) < 4.78 is 34.5. The highest BCUT2D eigenvalue weighted by Gasteiger charge is 2.26. The average Bonchev–Trinajstić information content (AvgIpc) is 3.06. The van der Waals surface area contributed by atoms with E-state index >= 15 is 0 Å². The van der Waals surface area contributed by atoms with Crippen LogP contribution in [0.4, 0.5) is 11.4 Å². The van der Waals surface area contributed by atoms with Crippen LogP contribution in [-0.2, 0) is 21.3 Å². The second kappa shape index (κ2) is 11.1. The third kappa shape index (κ3) is 6.43. The maximum atomic E-state index is 13.0. The van der Waals surface area contributed by atoms with E-state index in [1.807, 2.05) is 24.4 Å². The van der Waals surface area contributed by atoms with Gasteiger partial charge in [0.25, 0.3) is 0 Å². The highest BCUT2D eigenvalue weighted by Crippen LogP contribution is 2.34. The van der Waals surface area contributed by atoms with Gasteiger partial charge in [-0.05, 0) is 49.4 Å². The van der Waals surface area contributed by atoms with Crippen LogP contribution in [0.2, 0.25) is 0 Å². The highest BCUT2D eigenvalue weighted by atomic mass is 32.2. The van der Waals surface area contributed by atoms with E-state index in [0.717, 1.165) is 36.2 Å². The summed E-state index contributed by atoms with van der Waals surface area (Å²) >= 11 is 0. The van der Waals surface area contributed by atoms with Crippen LogP contribution in [0.3, 0.4) is 0 Å². The van der Waals surface area contributed by atoms with Crippen molar-refractivity contribution in [2.24, 2.45) is 5.92 Å². The molecule has 0 aliphatic carbocycles. The fourth-order valence-corrected chi connectivity index (χ4v) is 5.17. The summed E-state index contributed by atoms with van der Waals surface area (Å²) in [5.41, 5.74) is 3.16. The van der Waals surface area contributed by atoms with Gasteiger partial charge in [-0.2, -0.15) is 0 Å². The van der Waals surface area contributed by atoms with Crippen LogP contribution in [0.1, 0.15) is 52.5 Å². The largest absolute Gasteiger partial charge is 0.380 e. The van der Waals surface area contributed by atoms with Gasteiger partial charge in [0, 0.05) is 25.4 Å². The number of ether oxygens (including phenoxy) is 1. The SMILES string of the molecule is CCCCOCC(CC(C)C)NS(=O)(=O)c1ccc(CN2c3ccncc3NC2C)cc1. The molecule has 32 heavy (non-hydrogen) atoms. The molecule has 0 amide bonds. The highest BCUT2D eigenvalue weighted by molar-refractivity contribution is 7.89. The maximum absolute atomic E-state index is 13.0. The summed E-state index contributed by atoms with van der Waals surface area (Å²) in [4.78, 5) is 6.69. The van der Waals surface area contributed by atoms with Crippen molar-refractivity contribution in [3.63, 3.8) is 0 Å². The predicted molar refractivity (Wildman–Crippen MR) is 129 cm³/mol. The summed E-state index contributed by atoms with van der Waals surface area (Å²) in [5.74, 6) is 0.369. The van der Waals surface area contributed by atoms with E-state index in [9.17, 15) is 8.42 Å². The Morgan fingerprint density at radius 1 is 1.22 bits per heavy atom. The zero-order valence-corrected chi connectivity index (χ0v) is 20.4. The Hall–Kier alpha value is -2.16. The van der Waals surface area contributed by atoms with Crippen molar-refractivity contribution in [3.8, 4) is 0 Å². The molecule has 2 heterocycles. The molecule has 2 N–H and O–H groups in total. The number of nitrogens with one attached hydrogen (secondary N) is 2. The van der Waals surface area contributed by atoms with Gasteiger partial charge in [0.1, 0.15) is 0 Å². The number of aromatic nitrogens is 1. The van der Waals surface area contributed by atoms with Gasteiger partial charge in [0.2, 0.25) is 10.0 Å². The number of nitrogens with zero attached hydrogens (tertiary/aromatic N) is 2. The Morgan fingerprint density at radius 2 is 1.97 bits per heavy atom. The number of pyridine rings is 1. The lowest BCUT2D eigenvalue weighted by Gasteiger charge is -2.24. The molecule has 0 saturated heterocycles. The van der Waals surface area contributed by atoms with Crippen LogP contribution in [0, 0.1) is 5.92 Å². The molecule has 2 aromatic rings. The first kappa shape index (κ1) is 24.5. The minimum Gasteiger partial charge on any atom is -0.380 e. The van der Waals surface area contributed by atoms with Gasteiger partial charge in [0.15, 0.2) is 0 Å². The average molecular weight is 461 g/mol. The third-order valence-electron chi connectivity index (χ3n) is 5.56. The molecule has 1 aliphatic heterocycles. The molecular formula is C24H36N4O3S. The van der Waals surface area contributed by atoms with Crippen LogP contribution in [-0.4, -0.2) is 38.8 Å². The minimum atomic E-state index is -3.62. The molecule has 0 radical (unpaired) electrons. The zero-order chi connectivity index (χ0) is 23.1. The smallest absolute Gasteiger partial charge is 0.240 e. The van der Waals surface area contributed by atoms with E-state index < -0.39 is 10.0 Å². The Morgan fingerprint density at radius 3 is 2.66 bits per heavy atom. The van der Waals surface area contributed by atoms with Gasteiger partial charge in [-0.3, -0.25) is 4.98 Å². The number of hydrogen-bond acceptors (Lipinski definition) is 6. The molecule has 0 saturated carbocycles. The molecule has 1 aromatic carbocycles. The van der Waals surface area contributed by atoms with E-state index in [1.54, 1.807) is 18.3 Å². The minimum absolute atomic E-state index is 0.142. The van der Waals surface area contributed by atoms with E-state index in [-0.39, 0.29) is 17.1 Å². The lowest BCUT2D eigenvalue weighted by molar-refractivity contribution is 0.109. The van der Waals surface area contributed by atoms with Gasteiger partial charge < -0.3 is 15.0 Å². The number of rotatable bonds is 12. The van der Waals surface area contributed by atoms with Crippen LogP contribution >= 0.6 is 0 Å². The quantitative estimate of drug-likeness (QED) is 0.458.